The Morgan fingerprint density at radius 2 is 1.76 bits per heavy atom. The number of nitrogens with one attached hydrogen (secondary N) is 1. The molecule has 0 aliphatic carbocycles. The molecule has 126 valence electrons. The predicted molar refractivity (Wildman–Crippen MR) is 101 cm³/mol. The van der Waals surface area contributed by atoms with E-state index in [1.807, 2.05) is 12.1 Å². The minimum atomic E-state index is -0.439. The highest BCUT2D eigenvalue weighted by molar-refractivity contribution is 6.42. The molecule has 0 saturated heterocycles. The number of rotatable bonds is 4. The van der Waals surface area contributed by atoms with E-state index in [1.54, 1.807) is 36.5 Å². The topological polar surface area (TPSA) is 59.8 Å². The number of carbonyl (C=O) groups is 1. The predicted octanol–water partition coefficient (Wildman–Crippen LogP) is 5.01. The highest BCUT2D eigenvalue weighted by atomic mass is 35.5. The Morgan fingerprint density at radius 3 is 2.44 bits per heavy atom. The van der Waals surface area contributed by atoms with Crippen molar-refractivity contribution in [2.24, 2.45) is 0 Å². The van der Waals surface area contributed by atoms with Gasteiger partial charge in [-0.15, -0.1) is 5.10 Å². The van der Waals surface area contributed by atoms with Crippen molar-refractivity contribution in [1.82, 2.24) is 15.0 Å². The molecule has 0 spiro atoms. The van der Waals surface area contributed by atoms with E-state index in [-0.39, 0.29) is 5.70 Å². The number of hydrogen-bond acceptors (Lipinski definition) is 3. The molecule has 25 heavy (non-hydrogen) atoms. The van der Waals surface area contributed by atoms with Crippen LogP contribution >= 0.6 is 34.8 Å². The van der Waals surface area contributed by atoms with Gasteiger partial charge in [-0.1, -0.05) is 58.7 Å². The van der Waals surface area contributed by atoms with Crippen molar-refractivity contribution in [3.63, 3.8) is 0 Å². The van der Waals surface area contributed by atoms with Gasteiger partial charge < -0.3 is 5.32 Å². The maximum atomic E-state index is 12.3. The van der Waals surface area contributed by atoms with E-state index in [2.05, 4.69) is 22.2 Å². The zero-order chi connectivity index (χ0) is 18.0. The van der Waals surface area contributed by atoms with Crippen molar-refractivity contribution < 1.29 is 4.79 Å². The lowest BCUT2D eigenvalue weighted by Crippen LogP contribution is -2.17. The number of halogens is 3. The van der Waals surface area contributed by atoms with Crippen LogP contribution < -0.4 is 5.32 Å². The van der Waals surface area contributed by atoms with Crippen LogP contribution in [0.15, 0.2) is 55.2 Å². The quantitative estimate of drug-likeness (QED) is 0.633. The number of amides is 1. The van der Waals surface area contributed by atoms with Gasteiger partial charge in [0.15, 0.2) is 0 Å². The normalized spacial score (nSPS) is 10.5. The molecule has 0 unspecified atom stereocenters. The van der Waals surface area contributed by atoms with Crippen LogP contribution in [0, 0.1) is 0 Å². The van der Waals surface area contributed by atoms with Gasteiger partial charge in [0.25, 0.3) is 5.91 Å². The van der Waals surface area contributed by atoms with E-state index in [0.29, 0.717) is 26.4 Å². The summed E-state index contributed by atoms with van der Waals surface area (Å²) in [6, 6.07) is 11.9. The van der Waals surface area contributed by atoms with Crippen molar-refractivity contribution in [3.8, 4) is 11.3 Å². The van der Waals surface area contributed by atoms with E-state index >= 15 is 0 Å². The van der Waals surface area contributed by atoms with Crippen molar-refractivity contribution >= 4 is 52.1 Å². The molecule has 0 aliphatic heterocycles. The summed E-state index contributed by atoms with van der Waals surface area (Å²) in [5.41, 5.74) is 2.03. The molecule has 0 radical (unpaired) electrons. The third kappa shape index (κ3) is 4.02. The summed E-state index contributed by atoms with van der Waals surface area (Å²) in [6.07, 6.45) is 1.61. The first-order valence-electron chi connectivity index (χ1n) is 7.08. The molecule has 0 aliphatic rings. The van der Waals surface area contributed by atoms with Gasteiger partial charge in [-0.25, -0.2) is 4.68 Å². The van der Waals surface area contributed by atoms with Gasteiger partial charge in [0.2, 0.25) is 0 Å². The zero-order valence-electron chi connectivity index (χ0n) is 12.7. The summed E-state index contributed by atoms with van der Waals surface area (Å²) in [7, 11) is 0. The van der Waals surface area contributed by atoms with Crippen LogP contribution in [0.3, 0.4) is 0 Å². The zero-order valence-corrected chi connectivity index (χ0v) is 15.0. The molecule has 0 saturated carbocycles. The maximum Gasteiger partial charge on any atom is 0.273 e. The summed E-state index contributed by atoms with van der Waals surface area (Å²) in [4.78, 5) is 12.3. The van der Waals surface area contributed by atoms with Crippen molar-refractivity contribution in [1.29, 1.82) is 0 Å². The third-order valence-electron chi connectivity index (χ3n) is 3.35. The largest absolute Gasteiger partial charge is 0.321 e. The fourth-order valence-corrected chi connectivity index (χ4v) is 2.45. The lowest BCUT2D eigenvalue weighted by molar-refractivity contribution is -0.111. The summed E-state index contributed by atoms with van der Waals surface area (Å²) >= 11 is 17.7. The molecule has 3 rings (SSSR count). The van der Waals surface area contributed by atoms with Gasteiger partial charge in [0.05, 0.1) is 16.2 Å². The molecule has 0 atom stereocenters. The number of anilines is 1. The van der Waals surface area contributed by atoms with Gasteiger partial charge >= 0.3 is 0 Å². The van der Waals surface area contributed by atoms with Gasteiger partial charge in [0.1, 0.15) is 11.4 Å². The number of hydrogen-bond donors (Lipinski definition) is 1. The molecule has 1 aromatic heterocycles. The van der Waals surface area contributed by atoms with Gasteiger partial charge in [-0.05, 0) is 30.3 Å². The number of aromatic nitrogens is 3. The molecule has 1 amide bonds. The summed E-state index contributed by atoms with van der Waals surface area (Å²) in [5.74, 6) is -0.439. The fraction of sp³-hybridized carbons (Fsp3) is 0. The molecule has 0 bridgehead atoms. The summed E-state index contributed by atoms with van der Waals surface area (Å²) < 4.78 is 1.30. The van der Waals surface area contributed by atoms with Gasteiger partial charge in [0, 0.05) is 16.3 Å². The second-order valence-electron chi connectivity index (χ2n) is 5.08. The lowest BCUT2D eigenvalue weighted by Gasteiger charge is -2.08. The molecule has 0 fully saturated rings. The summed E-state index contributed by atoms with van der Waals surface area (Å²) in [6.45, 7) is 3.75. The average Bonchev–Trinajstić information content (AvgIpc) is 3.08. The Balaban J connectivity index is 1.75. The number of carbonyl (C=O) groups excluding carboxylic acids is 1. The number of nitrogens with zero attached hydrogens (tertiary/aromatic N) is 3. The Labute approximate surface area is 158 Å². The first kappa shape index (κ1) is 17.5. The van der Waals surface area contributed by atoms with Gasteiger partial charge in [-0.3, -0.25) is 4.79 Å². The first-order valence-corrected chi connectivity index (χ1v) is 8.21. The Morgan fingerprint density at radius 1 is 1.04 bits per heavy atom. The van der Waals surface area contributed by atoms with Crippen LogP contribution in [-0.2, 0) is 4.79 Å². The van der Waals surface area contributed by atoms with E-state index in [0.717, 1.165) is 5.56 Å². The maximum absolute atomic E-state index is 12.3. The molecule has 3 aromatic rings. The Bertz CT molecular complexity index is 951. The van der Waals surface area contributed by atoms with Crippen LogP contribution in [0.5, 0.6) is 0 Å². The van der Waals surface area contributed by atoms with Crippen LogP contribution in [-0.4, -0.2) is 20.9 Å². The second kappa shape index (κ2) is 7.27. The summed E-state index contributed by atoms with van der Waals surface area (Å²) in [5, 5.41) is 12.0. The van der Waals surface area contributed by atoms with Crippen molar-refractivity contribution in [2.75, 3.05) is 5.32 Å². The molecule has 8 heteroatoms. The second-order valence-corrected chi connectivity index (χ2v) is 6.34. The minimum Gasteiger partial charge on any atom is -0.321 e. The average molecular weight is 394 g/mol. The molecule has 1 heterocycles. The van der Waals surface area contributed by atoms with Crippen LogP contribution in [0.4, 0.5) is 5.69 Å². The molecular weight excluding hydrogens is 383 g/mol. The van der Waals surface area contributed by atoms with E-state index in [1.165, 1.54) is 4.68 Å². The molecule has 1 N–H and O–H groups in total. The Hall–Kier alpha value is -2.34. The highest BCUT2D eigenvalue weighted by Crippen LogP contribution is 2.25. The van der Waals surface area contributed by atoms with E-state index < -0.39 is 5.91 Å². The van der Waals surface area contributed by atoms with Crippen LogP contribution in [0.1, 0.15) is 0 Å². The third-order valence-corrected chi connectivity index (χ3v) is 4.34. The SMILES string of the molecule is C=C(C(=O)Nc1ccc(Cl)c(Cl)c1)n1cc(-c2ccc(Cl)cc2)nn1. The van der Waals surface area contributed by atoms with Gasteiger partial charge in [-0.2, -0.15) is 0 Å². The smallest absolute Gasteiger partial charge is 0.273 e. The van der Waals surface area contributed by atoms with Crippen LogP contribution in [0.2, 0.25) is 15.1 Å². The molecular formula is C17H11Cl3N4O. The van der Waals surface area contributed by atoms with Crippen molar-refractivity contribution in [3.05, 3.63) is 70.3 Å². The molecule has 2 aromatic carbocycles. The highest BCUT2D eigenvalue weighted by Gasteiger charge is 2.13. The van der Waals surface area contributed by atoms with E-state index in [4.69, 9.17) is 34.8 Å². The monoisotopic (exact) mass is 392 g/mol. The molecule has 5 nitrogen and oxygen atoms in total. The Kier molecular flexibility index (Phi) is 5.08. The number of benzene rings is 2. The minimum absolute atomic E-state index is 0.110. The van der Waals surface area contributed by atoms with E-state index in [9.17, 15) is 4.79 Å². The van der Waals surface area contributed by atoms with Crippen molar-refractivity contribution in [2.45, 2.75) is 0 Å². The first-order chi connectivity index (χ1) is 11.9. The van der Waals surface area contributed by atoms with Crippen LogP contribution in [0.25, 0.3) is 17.0 Å². The standard InChI is InChI=1S/C17H11Cl3N4O/c1-10(17(25)21-13-6-7-14(19)15(20)8-13)24-9-16(22-23-24)11-2-4-12(18)5-3-11/h2-9H,1H2,(H,21,25). The fourth-order valence-electron chi connectivity index (χ4n) is 2.03. The lowest BCUT2D eigenvalue weighted by atomic mass is 10.2.